The van der Waals surface area contributed by atoms with Crippen LogP contribution in [0.5, 0.6) is 0 Å². The van der Waals surface area contributed by atoms with Gasteiger partial charge < -0.3 is 10.6 Å². The first-order valence-electron chi connectivity index (χ1n) is 7.71. The lowest BCUT2D eigenvalue weighted by Gasteiger charge is -2.24. The van der Waals surface area contributed by atoms with Gasteiger partial charge in [0.15, 0.2) is 0 Å². The second-order valence-electron chi connectivity index (χ2n) is 5.36. The van der Waals surface area contributed by atoms with Gasteiger partial charge >= 0.3 is 6.03 Å². The van der Waals surface area contributed by atoms with Gasteiger partial charge in [-0.05, 0) is 30.0 Å². The van der Waals surface area contributed by atoms with E-state index in [4.69, 9.17) is 5.73 Å². The van der Waals surface area contributed by atoms with E-state index in [1.54, 1.807) is 11.1 Å². The third kappa shape index (κ3) is 4.32. The van der Waals surface area contributed by atoms with Crippen molar-refractivity contribution in [1.29, 1.82) is 0 Å². The molecule has 2 amide bonds. The normalized spacial score (nSPS) is 11.9. The Morgan fingerprint density at radius 1 is 1.14 bits per heavy atom. The van der Waals surface area contributed by atoms with Crippen LogP contribution >= 0.6 is 0 Å². The maximum Gasteiger partial charge on any atom is 0.314 e. The molecule has 116 valence electrons. The van der Waals surface area contributed by atoms with E-state index in [2.05, 4.69) is 23.2 Å². The molecule has 2 N–H and O–H groups in total. The molecule has 22 heavy (non-hydrogen) atoms. The van der Waals surface area contributed by atoms with Crippen molar-refractivity contribution < 1.29 is 4.79 Å². The van der Waals surface area contributed by atoms with Gasteiger partial charge in [-0.15, -0.1) is 0 Å². The van der Waals surface area contributed by atoms with E-state index < -0.39 is 0 Å². The van der Waals surface area contributed by atoms with Crippen molar-refractivity contribution in [2.24, 2.45) is 5.73 Å². The Morgan fingerprint density at radius 3 is 2.45 bits per heavy atom. The van der Waals surface area contributed by atoms with Crippen LogP contribution in [-0.4, -0.2) is 29.0 Å². The van der Waals surface area contributed by atoms with Crippen LogP contribution in [0.25, 0.3) is 0 Å². The van der Waals surface area contributed by atoms with Crippen LogP contribution in [0.2, 0.25) is 0 Å². The molecule has 0 radical (unpaired) electrons. The number of carbonyl (C=O) groups is 1. The maximum absolute atomic E-state index is 11.5. The first-order chi connectivity index (χ1) is 10.7. The zero-order valence-electron chi connectivity index (χ0n) is 13.0. The fourth-order valence-corrected chi connectivity index (χ4v) is 2.68. The molecular formula is C18H23N3O. The molecule has 0 fully saturated rings. The summed E-state index contributed by atoms with van der Waals surface area (Å²) in [6, 6.07) is 14.0. The summed E-state index contributed by atoms with van der Waals surface area (Å²) in [6.07, 6.45) is 5.41. The minimum absolute atomic E-state index is 0.216. The molecule has 1 aromatic carbocycles. The Labute approximate surface area is 132 Å². The third-order valence-corrected chi connectivity index (χ3v) is 3.78. The Morgan fingerprint density at radius 2 is 1.86 bits per heavy atom. The van der Waals surface area contributed by atoms with E-state index >= 15 is 0 Å². The summed E-state index contributed by atoms with van der Waals surface area (Å²) >= 11 is 0. The molecule has 2 rings (SSSR count). The zero-order chi connectivity index (χ0) is 15.8. The van der Waals surface area contributed by atoms with E-state index in [0.29, 0.717) is 13.1 Å². The number of rotatable bonds is 7. The second kappa shape index (κ2) is 8.17. The van der Waals surface area contributed by atoms with Crippen molar-refractivity contribution >= 4 is 6.03 Å². The topological polar surface area (TPSA) is 59.2 Å². The maximum atomic E-state index is 11.5. The van der Waals surface area contributed by atoms with Crippen molar-refractivity contribution in [1.82, 2.24) is 9.88 Å². The van der Waals surface area contributed by atoms with Gasteiger partial charge in [-0.3, -0.25) is 4.98 Å². The molecule has 0 bridgehead atoms. The number of hydrogen-bond acceptors (Lipinski definition) is 2. The summed E-state index contributed by atoms with van der Waals surface area (Å²) < 4.78 is 0. The molecule has 4 heteroatoms. The van der Waals surface area contributed by atoms with Gasteiger partial charge in [0.2, 0.25) is 0 Å². The standard InChI is InChI=1S/C18H23N3O/c1-2-12-21(18(19)22)13-10-17(15-7-4-3-5-8-15)16-9-6-11-20-14-16/h3-9,11,14,17H,2,10,12-13H2,1H3,(H2,19,22). The molecule has 0 aliphatic heterocycles. The summed E-state index contributed by atoms with van der Waals surface area (Å²) in [6.45, 7) is 3.40. The van der Waals surface area contributed by atoms with Crippen LogP contribution in [0.1, 0.15) is 36.8 Å². The molecule has 0 aliphatic rings. The van der Waals surface area contributed by atoms with E-state index in [1.807, 2.05) is 37.4 Å². The average molecular weight is 297 g/mol. The molecule has 2 aromatic rings. The number of urea groups is 1. The average Bonchev–Trinajstić information content (AvgIpc) is 2.56. The van der Waals surface area contributed by atoms with Gasteiger partial charge in [0, 0.05) is 31.4 Å². The first-order valence-corrected chi connectivity index (χ1v) is 7.71. The zero-order valence-corrected chi connectivity index (χ0v) is 13.0. The van der Waals surface area contributed by atoms with Gasteiger partial charge in [0.05, 0.1) is 0 Å². The van der Waals surface area contributed by atoms with Crippen molar-refractivity contribution in [2.75, 3.05) is 13.1 Å². The van der Waals surface area contributed by atoms with Crippen molar-refractivity contribution in [3.8, 4) is 0 Å². The Hall–Kier alpha value is -2.36. The highest BCUT2D eigenvalue weighted by Gasteiger charge is 2.17. The molecule has 4 nitrogen and oxygen atoms in total. The quantitative estimate of drug-likeness (QED) is 0.851. The second-order valence-corrected chi connectivity index (χ2v) is 5.36. The molecule has 1 aromatic heterocycles. The number of carbonyl (C=O) groups excluding carboxylic acids is 1. The molecule has 0 saturated carbocycles. The summed E-state index contributed by atoms with van der Waals surface area (Å²) in [5.41, 5.74) is 7.86. The van der Waals surface area contributed by atoms with Crippen LogP contribution < -0.4 is 5.73 Å². The largest absolute Gasteiger partial charge is 0.351 e. The predicted octanol–water partition coefficient (Wildman–Crippen LogP) is 3.39. The number of pyridine rings is 1. The summed E-state index contributed by atoms with van der Waals surface area (Å²) in [7, 11) is 0. The van der Waals surface area contributed by atoms with Crippen molar-refractivity contribution in [3.63, 3.8) is 0 Å². The predicted molar refractivity (Wildman–Crippen MR) is 88.6 cm³/mol. The fraction of sp³-hybridized carbons (Fsp3) is 0.333. The van der Waals surface area contributed by atoms with Gasteiger partial charge in [0.1, 0.15) is 0 Å². The smallest absolute Gasteiger partial charge is 0.314 e. The number of amides is 2. The number of benzene rings is 1. The Balaban J connectivity index is 2.17. The Bertz CT molecular complexity index is 532. The van der Waals surface area contributed by atoms with Gasteiger partial charge in [-0.1, -0.05) is 43.3 Å². The van der Waals surface area contributed by atoms with Crippen LogP contribution in [0.3, 0.4) is 0 Å². The highest BCUT2D eigenvalue weighted by molar-refractivity contribution is 5.71. The summed E-state index contributed by atoms with van der Waals surface area (Å²) in [5.74, 6) is 0.216. The van der Waals surface area contributed by atoms with Crippen LogP contribution in [0.4, 0.5) is 4.79 Å². The molecular weight excluding hydrogens is 274 g/mol. The summed E-state index contributed by atoms with van der Waals surface area (Å²) in [4.78, 5) is 17.4. The van der Waals surface area contributed by atoms with Crippen LogP contribution in [-0.2, 0) is 0 Å². The van der Waals surface area contributed by atoms with Crippen molar-refractivity contribution in [2.45, 2.75) is 25.7 Å². The first kappa shape index (κ1) is 16.0. The molecule has 1 unspecified atom stereocenters. The van der Waals surface area contributed by atoms with Gasteiger partial charge in [0.25, 0.3) is 0 Å². The fourth-order valence-electron chi connectivity index (χ4n) is 2.68. The summed E-state index contributed by atoms with van der Waals surface area (Å²) in [5, 5.41) is 0. The van der Waals surface area contributed by atoms with E-state index in [9.17, 15) is 4.79 Å². The van der Waals surface area contributed by atoms with Crippen LogP contribution in [0.15, 0.2) is 54.9 Å². The van der Waals surface area contributed by atoms with E-state index in [1.165, 1.54) is 5.56 Å². The SMILES string of the molecule is CCCN(CCC(c1ccccc1)c1cccnc1)C(N)=O. The van der Waals surface area contributed by atoms with Crippen molar-refractivity contribution in [3.05, 3.63) is 66.0 Å². The van der Waals surface area contributed by atoms with E-state index in [-0.39, 0.29) is 11.9 Å². The molecule has 0 saturated heterocycles. The molecule has 0 aliphatic carbocycles. The minimum atomic E-state index is -0.347. The number of aromatic nitrogens is 1. The highest BCUT2D eigenvalue weighted by Crippen LogP contribution is 2.27. The lowest BCUT2D eigenvalue weighted by molar-refractivity contribution is 0.206. The third-order valence-electron chi connectivity index (χ3n) is 3.78. The molecule has 1 heterocycles. The Kier molecular flexibility index (Phi) is 5.95. The van der Waals surface area contributed by atoms with Gasteiger partial charge in [-0.25, -0.2) is 4.79 Å². The molecule has 1 atom stereocenters. The number of hydrogen-bond donors (Lipinski definition) is 1. The number of nitrogens with two attached hydrogens (primary N) is 1. The van der Waals surface area contributed by atoms with Crippen LogP contribution in [0, 0.1) is 0 Å². The lowest BCUT2D eigenvalue weighted by atomic mass is 9.89. The van der Waals surface area contributed by atoms with E-state index in [0.717, 1.165) is 18.4 Å². The lowest BCUT2D eigenvalue weighted by Crippen LogP contribution is -2.37. The number of primary amides is 1. The number of nitrogens with zero attached hydrogens (tertiary/aromatic N) is 2. The minimum Gasteiger partial charge on any atom is -0.351 e. The molecule has 0 spiro atoms. The monoisotopic (exact) mass is 297 g/mol. The van der Waals surface area contributed by atoms with Gasteiger partial charge in [-0.2, -0.15) is 0 Å². The highest BCUT2D eigenvalue weighted by atomic mass is 16.2.